The van der Waals surface area contributed by atoms with Crippen LogP contribution in [0.3, 0.4) is 0 Å². The molecule has 27 heavy (non-hydrogen) atoms. The van der Waals surface area contributed by atoms with E-state index in [1.807, 2.05) is 0 Å². The lowest BCUT2D eigenvalue weighted by Gasteiger charge is -2.12. The van der Waals surface area contributed by atoms with E-state index in [9.17, 15) is 13.6 Å². The van der Waals surface area contributed by atoms with Crippen molar-refractivity contribution in [1.29, 1.82) is 0 Å². The maximum absolute atomic E-state index is 12.6. The molecule has 0 amide bonds. The summed E-state index contributed by atoms with van der Waals surface area (Å²) < 4.78 is 35.5. The number of hydrogen-bond donors (Lipinski definition) is 0. The fourth-order valence-corrected chi connectivity index (χ4v) is 2.78. The summed E-state index contributed by atoms with van der Waals surface area (Å²) >= 11 is 6.00. The third kappa shape index (κ3) is 3.90. The number of fused-ring (bicyclic) bond motifs is 1. The zero-order valence-corrected chi connectivity index (χ0v) is 15.1. The molecular weight excluding hydrogens is 380 g/mol. The molecule has 0 fully saturated rings. The molecule has 0 aliphatic rings. The third-order valence-electron chi connectivity index (χ3n) is 3.70. The summed E-state index contributed by atoms with van der Waals surface area (Å²) in [6.07, 6.45) is 1.35. The minimum atomic E-state index is -3.04. The van der Waals surface area contributed by atoms with Crippen LogP contribution in [0.1, 0.15) is 11.4 Å². The Morgan fingerprint density at radius 3 is 2.74 bits per heavy atom. The van der Waals surface area contributed by atoms with Crippen LogP contribution < -0.4 is 15.0 Å². The predicted octanol–water partition coefficient (Wildman–Crippen LogP) is 3.85. The van der Waals surface area contributed by atoms with Crippen molar-refractivity contribution in [2.75, 3.05) is 7.11 Å². The van der Waals surface area contributed by atoms with Crippen LogP contribution >= 0.6 is 11.6 Å². The van der Waals surface area contributed by atoms with Crippen LogP contribution in [0, 0.1) is 6.92 Å². The van der Waals surface area contributed by atoms with Gasteiger partial charge in [0.15, 0.2) is 11.5 Å². The van der Waals surface area contributed by atoms with Gasteiger partial charge in [-0.2, -0.15) is 18.6 Å². The van der Waals surface area contributed by atoms with Gasteiger partial charge in [0.1, 0.15) is 5.82 Å². The number of para-hydroxylation sites is 1. The quantitative estimate of drug-likeness (QED) is 0.617. The van der Waals surface area contributed by atoms with Gasteiger partial charge < -0.3 is 9.47 Å². The number of rotatable bonds is 5. The fourth-order valence-electron chi connectivity index (χ4n) is 2.51. The number of aryl methyl sites for hydroxylation is 1. The minimum Gasteiger partial charge on any atom is -0.493 e. The smallest absolute Gasteiger partial charge is 0.387 e. The molecule has 0 atom stereocenters. The highest BCUT2D eigenvalue weighted by Gasteiger charge is 2.16. The van der Waals surface area contributed by atoms with E-state index in [-0.39, 0.29) is 22.1 Å². The lowest BCUT2D eigenvalue weighted by atomic mass is 10.2. The van der Waals surface area contributed by atoms with Gasteiger partial charge in [-0.3, -0.25) is 4.79 Å². The largest absolute Gasteiger partial charge is 0.493 e. The van der Waals surface area contributed by atoms with Gasteiger partial charge >= 0.3 is 6.61 Å². The number of methoxy groups -OCH3 is 1. The average Bonchev–Trinajstić information content (AvgIpc) is 2.63. The van der Waals surface area contributed by atoms with E-state index in [1.54, 1.807) is 31.2 Å². The summed E-state index contributed by atoms with van der Waals surface area (Å²) in [5, 5.41) is 4.50. The zero-order chi connectivity index (χ0) is 19.6. The van der Waals surface area contributed by atoms with Crippen LogP contribution in [-0.2, 0) is 0 Å². The highest BCUT2D eigenvalue weighted by Crippen LogP contribution is 2.37. The van der Waals surface area contributed by atoms with E-state index in [2.05, 4.69) is 14.8 Å². The molecule has 1 aromatic heterocycles. The third-order valence-corrected chi connectivity index (χ3v) is 3.98. The number of hydrogen-bond acceptors (Lipinski definition) is 5. The van der Waals surface area contributed by atoms with Crippen molar-refractivity contribution in [1.82, 2.24) is 9.66 Å². The van der Waals surface area contributed by atoms with Crippen LogP contribution in [0.25, 0.3) is 10.9 Å². The van der Waals surface area contributed by atoms with Crippen molar-refractivity contribution < 1.29 is 18.3 Å². The van der Waals surface area contributed by atoms with E-state index in [0.717, 1.165) is 4.68 Å². The number of halogens is 3. The van der Waals surface area contributed by atoms with E-state index < -0.39 is 6.61 Å². The van der Waals surface area contributed by atoms with E-state index in [4.69, 9.17) is 16.3 Å². The minimum absolute atomic E-state index is 0.0185. The molecule has 0 spiro atoms. The van der Waals surface area contributed by atoms with E-state index in [0.29, 0.717) is 22.3 Å². The molecule has 0 saturated carbocycles. The van der Waals surface area contributed by atoms with Crippen molar-refractivity contribution in [2.45, 2.75) is 13.5 Å². The van der Waals surface area contributed by atoms with E-state index in [1.165, 1.54) is 25.5 Å². The monoisotopic (exact) mass is 393 g/mol. The second-order valence-corrected chi connectivity index (χ2v) is 5.86. The molecule has 0 radical (unpaired) electrons. The Morgan fingerprint density at radius 2 is 2.04 bits per heavy atom. The molecule has 3 aromatic rings. The first kappa shape index (κ1) is 18.8. The Bertz CT molecular complexity index is 1080. The second-order valence-electron chi connectivity index (χ2n) is 5.45. The summed E-state index contributed by atoms with van der Waals surface area (Å²) in [5.74, 6) is 0.141. The summed E-state index contributed by atoms with van der Waals surface area (Å²) in [6, 6.07) is 9.72. The first-order valence-corrected chi connectivity index (χ1v) is 8.13. The highest BCUT2D eigenvalue weighted by molar-refractivity contribution is 6.32. The molecule has 6 nitrogen and oxygen atoms in total. The van der Waals surface area contributed by atoms with Crippen molar-refractivity contribution >= 4 is 28.7 Å². The molecule has 0 aliphatic carbocycles. The molecule has 9 heteroatoms. The maximum Gasteiger partial charge on any atom is 0.387 e. The average molecular weight is 394 g/mol. The normalized spacial score (nSPS) is 11.5. The van der Waals surface area contributed by atoms with Gasteiger partial charge in [0.05, 0.1) is 29.2 Å². The van der Waals surface area contributed by atoms with Crippen molar-refractivity contribution in [3.05, 3.63) is 63.2 Å². The topological polar surface area (TPSA) is 65.7 Å². The molecule has 2 aromatic carbocycles. The summed E-state index contributed by atoms with van der Waals surface area (Å²) in [4.78, 5) is 16.9. The van der Waals surface area contributed by atoms with Gasteiger partial charge in [-0.1, -0.05) is 23.7 Å². The van der Waals surface area contributed by atoms with Crippen LogP contribution in [0.15, 0.2) is 46.3 Å². The zero-order valence-electron chi connectivity index (χ0n) is 14.3. The molecule has 0 bridgehead atoms. The number of ether oxygens (including phenoxy) is 2. The Kier molecular flexibility index (Phi) is 5.36. The predicted molar refractivity (Wildman–Crippen MR) is 98.4 cm³/mol. The first-order chi connectivity index (χ1) is 12.9. The standard InChI is InChI=1S/C18H14ClF2N3O3/c1-10-23-14-6-4-3-5-12(14)17(25)24(10)22-9-11-7-13(19)16(27-18(20)21)15(8-11)26-2/h3-9,18H,1-2H3. The summed E-state index contributed by atoms with van der Waals surface area (Å²) in [6.45, 7) is -1.39. The molecule has 1 heterocycles. The molecule has 0 unspecified atom stereocenters. The van der Waals surface area contributed by atoms with Crippen LogP contribution in [0.2, 0.25) is 5.02 Å². The lowest BCUT2D eigenvalue weighted by molar-refractivity contribution is -0.0511. The molecule has 0 N–H and O–H groups in total. The van der Waals surface area contributed by atoms with E-state index >= 15 is 0 Å². The van der Waals surface area contributed by atoms with Gasteiger partial charge in [-0.25, -0.2) is 4.98 Å². The highest BCUT2D eigenvalue weighted by atomic mass is 35.5. The van der Waals surface area contributed by atoms with Crippen molar-refractivity contribution in [3.8, 4) is 11.5 Å². The number of nitrogens with zero attached hydrogens (tertiary/aromatic N) is 3. The second kappa shape index (κ2) is 7.71. The van der Waals surface area contributed by atoms with Crippen molar-refractivity contribution in [2.24, 2.45) is 5.10 Å². The van der Waals surface area contributed by atoms with Crippen LogP contribution in [0.5, 0.6) is 11.5 Å². The van der Waals surface area contributed by atoms with Gasteiger partial charge in [0, 0.05) is 0 Å². The Morgan fingerprint density at radius 1 is 1.30 bits per heavy atom. The van der Waals surface area contributed by atoms with Gasteiger partial charge in [-0.05, 0) is 36.8 Å². The molecule has 3 rings (SSSR count). The van der Waals surface area contributed by atoms with Crippen LogP contribution in [-0.4, -0.2) is 29.6 Å². The number of benzene rings is 2. The summed E-state index contributed by atoms with van der Waals surface area (Å²) in [7, 11) is 1.30. The Balaban J connectivity index is 2.03. The number of alkyl halides is 2. The maximum atomic E-state index is 12.6. The molecule has 140 valence electrons. The molecule has 0 aliphatic heterocycles. The van der Waals surface area contributed by atoms with Crippen molar-refractivity contribution in [3.63, 3.8) is 0 Å². The van der Waals surface area contributed by atoms with Crippen LogP contribution in [0.4, 0.5) is 8.78 Å². The molecule has 0 saturated heterocycles. The lowest BCUT2D eigenvalue weighted by Crippen LogP contribution is -2.20. The Hall–Kier alpha value is -3.00. The van der Waals surface area contributed by atoms with Gasteiger partial charge in [0.25, 0.3) is 5.56 Å². The first-order valence-electron chi connectivity index (χ1n) is 7.76. The summed E-state index contributed by atoms with van der Waals surface area (Å²) in [5.41, 5.74) is 0.674. The molecular formula is C18H14ClF2N3O3. The Labute approximate surface area is 157 Å². The fraction of sp³-hybridized carbons (Fsp3) is 0.167. The number of aromatic nitrogens is 2. The van der Waals surface area contributed by atoms with Gasteiger partial charge in [0.2, 0.25) is 0 Å². The SMILES string of the molecule is COc1cc(C=Nn2c(C)nc3ccccc3c2=O)cc(Cl)c1OC(F)F. The van der Waals surface area contributed by atoms with Gasteiger partial charge in [-0.15, -0.1) is 0 Å².